The molecule has 0 aliphatic heterocycles. The monoisotopic (exact) mass is 310 g/mol. The van der Waals surface area contributed by atoms with Crippen LogP contribution in [0.25, 0.3) is 0 Å². The Labute approximate surface area is 118 Å². The highest BCUT2D eigenvalue weighted by atomic mass is 19.2. The van der Waals surface area contributed by atoms with Gasteiger partial charge in [0.15, 0.2) is 23.3 Å². The van der Waals surface area contributed by atoms with E-state index in [1.807, 2.05) is 6.92 Å². The molecule has 0 heterocycles. The fourth-order valence-electron chi connectivity index (χ4n) is 1.79. The van der Waals surface area contributed by atoms with Gasteiger partial charge in [-0.05, 0) is 12.3 Å². The van der Waals surface area contributed by atoms with Crippen molar-refractivity contribution < 1.29 is 31.5 Å². The standard InChI is InChI=1S/C14H15F5O2/c1-4-5-7(6(2)3)21-14(20)8-9(15)11(17)13(19)12(18)10(8)16/h6-7H,4-5H2,1-3H3. The third-order valence-corrected chi connectivity index (χ3v) is 2.99. The number of rotatable bonds is 5. The molecular formula is C14H15F5O2. The number of hydrogen-bond acceptors (Lipinski definition) is 2. The van der Waals surface area contributed by atoms with Gasteiger partial charge in [-0.15, -0.1) is 0 Å². The molecule has 0 aromatic heterocycles. The second-order valence-corrected chi connectivity index (χ2v) is 4.92. The highest BCUT2D eigenvalue weighted by Crippen LogP contribution is 2.25. The molecular weight excluding hydrogens is 295 g/mol. The van der Waals surface area contributed by atoms with E-state index >= 15 is 0 Å². The van der Waals surface area contributed by atoms with Gasteiger partial charge in [-0.3, -0.25) is 0 Å². The fraction of sp³-hybridized carbons (Fsp3) is 0.500. The van der Waals surface area contributed by atoms with Gasteiger partial charge in [-0.2, -0.15) is 0 Å². The largest absolute Gasteiger partial charge is 0.458 e. The van der Waals surface area contributed by atoms with E-state index in [0.717, 1.165) is 0 Å². The quantitative estimate of drug-likeness (QED) is 0.349. The van der Waals surface area contributed by atoms with E-state index in [-0.39, 0.29) is 5.92 Å². The number of carbonyl (C=O) groups is 1. The fourth-order valence-corrected chi connectivity index (χ4v) is 1.79. The maximum absolute atomic E-state index is 13.5. The van der Waals surface area contributed by atoms with Crippen molar-refractivity contribution in [1.29, 1.82) is 0 Å². The minimum Gasteiger partial charge on any atom is -0.458 e. The van der Waals surface area contributed by atoms with Gasteiger partial charge < -0.3 is 4.74 Å². The van der Waals surface area contributed by atoms with Gasteiger partial charge in [0.2, 0.25) is 5.82 Å². The van der Waals surface area contributed by atoms with Crippen molar-refractivity contribution in [2.24, 2.45) is 5.92 Å². The molecule has 1 unspecified atom stereocenters. The Morgan fingerprint density at radius 3 is 1.76 bits per heavy atom. The molecule has 0 saturated heterocycles. The molecule has 0 saturated carbocycles. The maximum atomic E-state index is 13.5. The minimum atomic E-state index is -2.31. The lowest BCUT2D eigenvalue weighted by Gasteiger charge is -2.21. The first-order valence-electron chi connectivity index (χ1n) is 6.44. The molecule has 21 heavy (non-hydrogen) atoms. The number of halogens is 5. The first-order valence-corrected chi connectivity index (χ1v) is 6.44. The molecule has 1 aromatic carbocycles. The number of hydrogen-bond donors (Lipinski definition) is 0. The van der Waals surface area contributed by atoms with Crippen molar-refractivity contribution in [3.8, 4) is 0 Å². The minimum absolute atomic E-state index is 0.157. The molecule has 7 heteroatoms. The average Bonchev–Trinajstić information content (AvgIpc) is 2.42. The molecule has 0 aliphatic carbocycles. The van der Waals surface area contributed by atoms with Gasteiger partial charge in [-0.25, -0.2) is 26.7 Å². The Hall–Kier alpha value is -1.66. The van der Waals surface area contributed by atoms with Crippen molar-refractivity contribution in [2.45, 2.75) is 39.7 Å². The van der Waals surface area contributed by atoms with E-state index in [2.05, 4.69) is 0 Å². The van der Waals surface area contributed by atoms with E-state index in [1.165, 1.54) is 0 Å². The van der Waals surface area contributed by atoms with Crippen LogP contribution in [0.1, 0.15) is 44.0 Å². The predicted octanol–water partition coefficient (Wildman–Crippen LogP) is 4.36. The summed E-state index contributed by atoms with van der Waals surface area (Å²) in [7, 11) is 0. The second-order valence-electron chi connectivity index (χ2n) is 4.92. The maximum Gasteiger partial charge on any atom is 0.344 e. The summed E-state index contributed by atoms with van der Waals surface area (Å²) in [4.78, 5) is 11.7. The third-order valence-electron chi connectivity index (χ3n) is 2.99. The molecule has 1 rings (SSSR count). The number of carbonyl (C=O) groups excluding carboxylic acids is 1. The first kappa shape index (κ1) is 17.4. The molecule has 0 N–H and O–H groups in total. The summed E-state index contributed by atoms with van der Waals surface area (Å²) in [5.41, 5.74) is -1.56. The average molecular weight is 310 g/mol. The van der Waals surface area contributed by atoms with Crippen LogP contribution in [0.2, 0.25) is 0 Å². The van der Waals surface area contributed by atoms with Crippen LogP contribution in [0.3, 0.4) is 0 Å². The van der Waals surface area contributed by atoms with Crippen molar-refractivity contribution in [3.05, 3.63) is 34.6 Å². The molecule has 1 atom stereocenters. The van der Waals surface area contributed by atoms with Gasteiger partial charge in [0.05, 0.1) is 0 Å². The van der Waals surface area contributed by atoms with E-state index in [0.29, 0.717) is 12.8 Å². The summed E-state index contributed by atoms with van der Waals surface area (Å²) in [6, 6.07) is 0. The Bertz CT molecular complexity index is 514. The molecule has 0 aliphatic rings. The molecule has 2 nitrogen and oxygen atoms in total. The first-order chi connectivity index (χ1) is 9.72. The van der Waals surface area contributed by atoms with Gasteiger partial charge >= 0.3 is 5.97 Å². The van der Waals surface area contributed by atoms with Gasteiger partial charge in [0.25, 0.3) is 0 Å². The van der Waals surface area contributed by atoms with Gasteiger partial charge in [0, 0.05) is 0 Å². The molecule has 118 valence electrons. The lowest BCUT2D eigenvalue weighted by atomic mass is 10.0. The van der Waals surface area contributed by atoms with Crippen LogP contribution in [0.4, 0.5) is 22.0 Å². The Morgan fingerprint density at radius 1 is 0.952 bits per heavy atom. The zero-order valence-corrected chi connectivity index (χ0v) is 11.8. The second kappa shape index (κ2) is 6.87. The van der Waals surface area contributed by atoms with Crippen LogP contribution in [0.5, 0.6) is 0 Å². The summed E-state index contributed by atoms with van der Waals surface area (Å²) >= 11 is 0. The highest BCUT2D eigenvalue weighted by Gasteiger charge is 2.32. The van der Waals surface area contributed by atoms with E-state index in [4.69, 9.17) is 4.74 Å². The summed E-state index contributed by atoms with van der Waals surface area (Å²) in [5, 5.41) is 0. The SMILES string of the molecule is CCCC(OC(=O)c1c(F)c(F)c(F)c(F)c1F)C(C)C. The number of benzene rings is 1. The molecule has 0 bridgehead atoms. The van der Waals surface area contributed by atoms with Crippen molar-refractivity contribution in [2.75, 3.05) is 0 Å². The van der Waals surface area contributed by atoms with Gasteiger partial charge in [-0.1, -0.05) is 27.2 Å². The summed E-state index contributed by atoms with van der Waals surface area (Å²) in [5.74, 6) is -12.7. The van der Waals surface area contributed by atoms with Crippen LogP contribution in [0, 0.1) is 35.0 Å². The predicted molar refractivity (Wildman–Crippen MR) is 65.2 cm³/mol. The zero-order valence-electron chi connectivity index (χ0n) is 11.8. The van der Waals surface area contributed by atoms with Crippen LogP contribution in [-0.4, -0.2) is 12.1 Å². The lowest BCUT2D eigenvalue weighted by molar-refractivity contribution is 0.0144. The summed E-state index contributed by atoms with van der Waals surface area (Å²) < 4.78 is 70.8. The van der Waals surface area contributed by atoms with Crippen LogP contribution < -0.4 is 0 Å². The van der Waals surface area contributed by atoms with Crippen LogP contribution in [0.15, 0.2) is 0 Å². The van der Waals surface area contributed by atoms with Crippen molar-refractivity contribution >= 4 is 5.97 Å². The Kier molecular flexibility index (Phi) is 5.69. The van der Waals surface area contributed by atoms with Gasteiger partial charge in [0.1, 0.15) is 11.7 Å². The smallest absolute Gasteiger partial charge is 0.344 e. The number of ether oxygens (including phenoxy) is 1. The molecule has 0 spiro atoms. The third kappa shape index (κ3) is 3.51. The zero-order chi connectivity index (χ0) is 16.3. The molecule has 0 amide bonds. The summed E-state index contributed by atoms with van der Waals surface area (Å²) in [6.07, 6.45) is 0.379. The molecule has 0 radical (unpaired) electrons. The van der Waals surface area contributed by atoms with E-state index in [1.54, 1.807) is 13.8 Å². The summed E-state index contributed by atoms with van der Waals surface area (Å²) in [6.45, 7) is 5.24. The van der Waals surface area contributed by atoms with Crippen LogP contribution >= 0.6 is 0 Å². The topological polar surface area (TPSA) is 26.3 Å². The van der Waals surface area contributed by atoms with Crippen molar-refractivity contribution in [3.63, 3.8) is 0 Å². The molecule has 1 aromatic rings. The molecule has 0 fully saturated rings. The number of esters is 1. The highest BCUT2D eigenvalue weighted by molar-refractivity contribution is 5.90. The lowest BCUT2D eigenvalue weighted by Crippen LogP contribution is -2.25. The van der Waals surface area contributed by atoms with E-state index < -0.39 is 46.7 Å². The normalized spacial score (nSPS) is 12.6. The van der Waals surface area contributed by atoms with Crippen molar-refractivity contribution in [1.82, 2.24) is 0 Å². The Morgan fingerprint density at radius 2 is 1.38 bits per heavy atom. The van der Waals surface area contributed by atoms with E-state index in [9.17, 15) is 26.7 Å². The van der Waals surface area contributed by atoms with Crippen LogP contribution in [-0.2, 0) is 4.74 Å². The Balaban J connectivity index is 3.19.